The molecule has 0 aliphatic carbocycles. The van der Waals surface area contributed by atoms with Gasteiger partial charge in [0, 0.05) is 5.56 Å². The first-order valence-electron chi connectivity index (χ1n) is 6.40. The number of hydrogen-bond acceptors (Lipinski definition) is 2. The number of aryl methyl sites for hydroxylation is 2. The normalized spacial score (nSPS) is 10.4. The highest BCUT2D eigenvalue weighted by molar-refractivity contribution is 6.07. The van der Waals surface area contributed by atoms with Crippen molar-refractivity contribution in [2.75, 3.05) is 0 Å². The molecule has 0 aromatic heterocycles. The Morgan fingerprint density at radius 3 is 2.60 bits per heavy atom. The summed E-state index contributed by atoms with van der Waals surface area (Å²) in [4.78, 5) is 12.0. The Labute approximate surface area is 119 Å². The molecule has 2 aromatic rings. The Balaban J connectivity index is 2.20. The van der Waals surface area contributed by atoms with E-state index in [1.807, 2.05) is 31.2 Å². The summed E-state index contributed by atoms with van der Waals surface area (Å²) < 4.78 is 0. The summed E-state index contributed by atoms with van der Waals surface area (Å²) in [7, 11) is 0. The van der Waals surface area contributed by atoms with Crippen molar-refractivity contribution in [3.8, 4) is 6.07 Å². The Hall–Kier alpha value is -2.66. The van der Waals surface area contributed by atoms with E-state index in [0.29, 0.717) is 11.1 Å². The molecule has 0 heterocycles. The summed E-state index contributed by atoms with van der Waals surface area (Å²) in [5.41, 5.74) is 4.46. The van der Waals surface area contributed by atoms with Crippen LogP contribution in [0.15, 0.2) is 48.5 Å². The summed E-state index contributed by atoms with van der Waals surface area (Å²) in [5.74, 6) is -0.0969. The predicted molar refractivity (Wildman–Crippen MR) is 80.4 cm³/mol. The van der Waals surface area contributed by atoms with E-state index in [2.05, 4.69) is 6.92 Å². The second kappa shape index (κ2) is 5.99. The van der Waals surface area contributed by atoms with Crippen LogP contribution in [-0.4, -0.2) is 5.78 Å². The number of allylic oxidation sites excluding steroid dienone is 1. The molecule has 0 amide bonds. The van der Waals surface area contributed by atoms with Crippen LogP contribution in [0.2, 0.25) is 0 Å². The number of benzene rings is 2. The van der Waals surface area contributed by atoms with Gasteiger partial charge in [-0.3, -0.25) is 4.79 Å². The summed E-state index contributed by atoms with van der Waals surface area (Å²) >= 11 is 0. The molecule has 0 atom stereocenters. The van der Waals surface area contributed by atoms with Gasteiger partial charge in [-0.05, 0) is 48.7 Å². The molecule has 2 heteroatoms. The highest BCUT2D eigenvalue weighted by Crippen LogP contribution is 2.12. The van der Waals surface area contributed by atoms with E-state index >= 15 is 0 Å². The highest BCUT2D eigenvalue weighted by Gasteiger charge is 2.02. The topological polar surface area (TPSA) is 40.9 Å². The van der Waals surface area contributed by atoms with Gasteiger partial charge in [-0.1, -0.05) is 36.4 Å². The van der Waals surface area contributed by atoms with Crippen LogP contribution >= 0.6 is 0 Å². The fourth-order valence-electron chi connectivity index (χ4n) is 1.88. The number of carbonyl (C=O) groups excluding carboxylic acids is 1. The predicted octanol–water partition coefficient (Wildman–Crippen LogP) is 4.07. The van der Waals surface area contributed by atoms with E-state index in [1.165, 1.54) is 11.1 Å². The van der Waals surface area contributed by atoms with Crippen molar-refractivity contribution >= 4 is 11.9 Å². The molecular weight excluding hydrogens is 246 g/mol. The fraction of sp³-hybridized carbons (Fsp3) is 0.111. The number of hydrogen-bond donors (Lipinski definition) is 0. The molecule has 0 radical (unpaired) electrons. The second-order valence-electron chi connectivity index (χ2n) is 4.73. The van der Waals surface area contributed by atoms with Crippen LogP contribution < -0.4 is 0 Å². The van der Waals surface area contributed by atoms with E-state index < -0.39 is 0 Å². The largest absolute Gasteiger partial charge is 0.289 e. The van der Waals surface area contributed by atoms with Gasteiger partial charge in [0.15, 0.2) is 5.78 Å². The van der Waals surface area contributed by atoms with Crippen molar-refractivity contribution in [3.63, 3.8) is 0 Å². The highest BCUT2D eigenvalue weighted by atomic mass is 16.1. The molecule has 0 aliphatic heterocycles. The zero-order valence-electron chi connectivity index (χ0n) is 11.6. The summed E-state index contributed by atoms with van der Waals surface area (Å²) in [6.07, 6.45) is 3.34. The van der Waals surface area contributed by atoms with Gasteiger partial charge in [0.2, 0.25) is 0 Å². The van der Waals surface area contributed by atoms with Gasteiger partial charge in [0.05, 0.1) is 11.6 Å². The van der Waals surface area contributed by atoms with Crippen LogP contribution in [-0.2, 0) is 0 Å². The third-order valence-corrected chi connectivity index (χ3v) is 3.23. The molecule has 0 spiro atoms. The van der Waals surface area contributed by atoms with Crippen LogP contribution in [0.5, 0.6) is 0 Å². The number of rotatable bonds is 3. The Kier molecular flexibility index (Phi) is 4.12. The maximum Gasteiger partial charge on any atom is 0.185 e. The molecule has 0 unspecified atom stereocenters. The minimum atomic E-state index is -0.0969. The number of nitrogens with zero attached hydrogens (tertiary/aromatic N) is 1. The fourth-order valence-corrected chi connectivity index (χ4v) is 1.88. The molecule has 2 rings (SSSR count). The van der Waals surface area contributed by atoms with Crippen molar-refractivity contribution in [3.05, 3.63) is 76.4 Å². The molecule has 98 valence electrons. The minimum absolute atomic E-state index is 0.0969. The number of carbonyl (C=O) groups is 1. The van der Waals surface area contributed by atoms with E-state index in [0.717, 1.165) is 5.56 Å². The Morgan fingerprint density at radius 2 is 1.90 bits per heavy atom. The average Bonchev–Trinajstić information content (AvgIpc) is 2.48. The molecule has 2 nitrogen and oxygen atoms in total. The molecule has 2 aromatic carbocycles. The van der Waals surface area contributed by atoms with Gasteiger partial charge in [-0.2, -0.15) is 5.26 Å². The lowest BCUT2D eigenvalue weighted by atomic mass is 10.0. The maximum atomic E-state index is 12.0. The smallest absolute Gasteiger partial charge is 0.185 e. The van der Waals surface area contributed by atoms with E-state index in [9.17, 15) is 4.79 Å². The second-order valence-corrected chi connectivity index (χ2v) is 4.73. The third-order valence-electron chi connectivity index (χ3n) is 3.23. The van der Waals surface area contributed by atoms with Crippen molar-refractivity contribution in [2.24, 2.45) is 0 Å². The summed E-state index contributed by atoms with van der Waals surface area (Å²) in [5, 5.41) is 8.83. The molecule has 20 heavy (non-hydrogen) atoms. The Bertz CT molecular complexity index is 720. The van der Waals surface area contributed by atoms with Gasteiger partial charge in [0.1, 0.15) is 0 Å². The SMILES string of the molecule is Cc1ccc(/C=C/C(=O)c2cccc(C#N)c2)cc1C. The lowest BCUT2D eigenvalue weighted by Gasteiger charge is -2.01. The van der Waals surface area contributed by atoms with Gasteiger partial charge >= 0.3 is 0 Å². The molecule has 0 N–H and O–H groups in total. The van der Waals surface area contributed by atoms with Crippen LogP contribution in [0.3, 0.4) is 0 Å². The van der Waals surface area contributed by atoms with Crippen molar-refractivity contribution in [2.45, 2.75) is 13.8 Å². The quantitative estimate of drug-likeness (QED) is 0.617. The van der Waals surface area contributed by atoms with E-state index in [1.54, 1.807) is 36.4 Å². The third kappa shape index (κ3) is 3.21. The van der Waals surface area contributed by atoms with Gasteiger partial charge in [0.25, 0.3) is 0 Å². The van der Waals surface area contributed by atoms with Gasteiger partial charge in [-0.15, -0.1) is 0 Å². The van der Waals surface area contributed by atoms with Crippen molar-refractivity contribution in [1.82, 2.24) is 0 Å². The van der Waals surface area contributed by atoms with Crippen molar-refractivity contribution in [1.29, 1.82) is 5.26 Å². The van der Waals surface area contributed by atoms with Crippen LogP contribution in [0.4, 0.5) is 0 Å². The first-order chi connectivity index (χ1) is 9.60. The maximum absolute atomic E-state index is 12.0. The summed E-state index contributed by atoms with van der Waals surface area (Å²) in [6, 6.07) is 14.8. The zero-order chi connectivity index (χ0) is 14.5. The Morgan fingerprint density at radius 1 is 1.10 bits per heavy atom. The van der Waals surface area contributed by atoms with Gasteiger partial charge < -0.3 is 0 Å². The first-order valence-corrected chi connectivity index (χ1v) is 6.40. The monoisotopic (exact) mass is 261 g/mol. The van der Waals surface area contributed by atoms with Crippen LogP contribution in [0.1, 0.15) is 32.6 Å². The molecular formula is C18H15NO. The molecule has 0 aliphatic rings. The molecule has 0 fully saturated rings. The number of ketones is 1. The lowest BCUT2D eigenvalue weighted by Crippen LogP contribution is -1.94. The van der Waals surface area contributed by atoms with E-state index in [-0.39, 0.29) is 5.78 Å². The summed E-state index contributed by atoms with van der Waals surface area (Å²) in [6.45, 7) is 4.10. The molecule has 0 saturated heterocycles. The van der Waals surface area contributed by atoms with Crippen molar-refractivity contribution < 1.29 is 4.79 Å². The van der Waals surface area contributed by atoms with Crippen LogP contribution in [0, 0.1) is 25.2 Å². The zero-order valence-corrected chi connectivity index (χ0v) is 11.6. The average molecular weight is 261 g/mol. The lowest BCUT2D eigenvalue weighted by molar-refractivity contribution is 0.104. The van der Waals surface area contributed by atoms with Gasteiger partial charge in [-0.25, -0.2) is 0 Å². The van der Waals surface area contributed by atoms with E-state index in [4.69, 9.17) is 5.26 Å². The minimum Gasteiger partial charge on any atom is -0.289 e. The molecule has 0 bridgehead atoms. The number of nitriles is 1. The first kappa shape index (κ1) is 13.8. The molecule has 0 saturated carbocycles. The standard InChI is InChI=1S/C18H15NO/c1-13-6-7-15(10-14(13)2)8-9-18(20)17-5-3-4-16(11-17)12-19/h3-11H,1-2H3/b9-8+. The van der Waals surface area contributed by atoms with Crippen LogP contribution in [0.25, 0.3) is 6.08 Å².